The van der Waals surface area contributed by atoms with Crippen LogP contribution in [-0.4, -0.2) is 26.1 Å². The van der Waals surface area contributed by atoms with Crippen LogP contribution in [0.15, 0.2) is 12.3 Å². The lowest BCUT2D eigenvalue weighted by molar-refractivity contribution is -0.141. The second-order valence-corrected chi connectivity index (χ2v) is 3.88. The number of carbonyl (C=O) groups is 1. The molecule has 0 unspecified atom stereocenters. The number of halogens is 4. The zero-order chi connectivity index (χ0) is 14.9. The number of aromatic nitrogens is 4. The number of hydrogen-bond donors (Lipinski definition) is 3. The van der Waals surface area contributed by atoms with Crippen LogP contribution in [0, 0.1) is 0 Å². The molecule has 0 saturated heterocycles. The fraction of sp³-hybridized carbons (Fsp3) is 0.111. The molecule has 106 valence electrons. The van der Waals surface area contributed by atoms with E-state index in [1.807, 2.05) is 0 Å². The van der Waals surface area contributed by atoms with Crippen molar-refractivity contribution in [2.75, 3.05) is 11.1 Å². The molecule has 4 N–H and O–H groups in total. The van der Waals surface area contributed by atoms with Crippen molar-refractivity contribution in [3.63, 3.8) is 0 Å². The molecule has 2 rings (SSSR count). The Hall–Kier alpha value is -2.36. The molecular formula is C9H6ClF3N6O. The van der Waals surface area contributed by atoms with Crippen LogP contribution < -0.4 is 11.1 Å². The third kappa shape index (κ3) is 2.79. The monoisotopic (exact) mass is 306 g/mol. The summed E-state index contributed by atoms with van der Waals surface area (Å²) in [6.45, 7) is 0. The van der Waals surface area contributed by atoms with Crippen LogP contribution in [0.25, 0.3) is 0 Å². The number of nitrogens with two attached hydrogens (primary N) is 1. The van der Waals surface area contributed by atoms with Crippen molar-refractivity contribution in [1.82, 2.24) is 20.2 Å². The Morgan fingerprint density at radius 1 is 1.40 bits per heavy atom. The van der Waals surface area contributed by atoms with Gasteiger partial charge >= 0.3 is 6.18 Å². The fourth-order valence-electron chi connectivity index (χ4n) is 1.28. The molecule has 20 heavy (non-hydrogen) atoms. The molecule has 2 aromatic heterocycles. The number of amides is 1. The molecular weight excluding hydrogens is 301 g/mol. The van der Waals surface area contributed by atoms with Crippen molar-refractivity contribution in [3.8, 4) is 0 Å². The zero-order valence-electron chi connectivity index (χ0n) is 9.49. The number of H-pyrrole nitrogens is 1. The van der Waals surface area contributed by atoms with Crippen LogP contribution in [0.1, 0.15) is 16.2 Å². The van der Waals surface area contributed by atoms with Gasteiger partial charge in [-0.05, 0) is 0 Å². The van der Waals surface area contributed by atoms with Crippen molar-refractivity contribution in [2.45, 2.75) is 6.18 Å². The number of carbonyl (C=O) groups excluding carboxylic acids is 1. The van der Waals surface area contributed by atoms with Gasteiger partial charge in [0.25, 0.3) is 5.91 Å². The lowest BCUT2D eigenvalue weighted by atomic mass is 10.3. The SMILES string of the molecule is Nc1nc(C(F)(F)F)c(Cl)nc1C(=O)Nc1ccn[nH]1. The van der Waals surface area contributed by atoms with Crippen LogP contribution in [0.4, 0.5) is 24.8 Å². The number of nitrogens with one attached hydrogen (secondary N) is 2. The molecule has 0 radical (unpaired) electrons. The summed E-state index contributed by atoms with van der Waals surface area (Å²) in [4.78, 5) is 18.2. The molecule has 2 aromatic rings. The topological polar surface area (TPSA) is 110 Å². The van der Waals surface area contributed by atoms with E-state index in [0.29, 0.717) is 0 Å². The fourth-order valence-corrected chi connectivity index (χ4v) is 1.52. The van der Waals surface area contributed by atoms with Crippen molar-refractivity contribution < 1.29 is 18.0 Å². The lowest BCUT2D eigenvalue weighted by Gasteiger charge is -2.10. The average molecular weight is 307 g/mol. The maximum atomic E-state index is 12.5. The van der Waals surface area contributed by atoms with E-state index in [4.69, 9.17) is 17.3 Å². The number of rotatable bonds is 2. The van der Waals surface area contributed by atoms with Crippen LogP contribution in [0.3, 0.4) is 0 Å². The molecule has 0 saturated carbocycles. The highest BCUT2D eigenvalue weighted by molar-refractivity contribution is 6.30. The first-order valence-corrected chi connectivity index (χ1v) is 5.37. The minimum atomic E-state index is -4.81. The number of nitrogen functional groups attached to an aromatic ring is 1. The van der Waals surface area contributed by atoms with Gasteiger partial charge in [0.1, 0.15) is 5.82 Å². The third-order valence-corrected chi connectivity index (χ3v) is 2.38. The normalized spacial score (nSPS) is 11.4. The van der Waals surface area contributed by atoms with Crippen LogP contribution >= 0.6 is 11.6 Å². The van der Waals surface area contributed by atoms with Gasteiger partial charge in [-0.1, -0.05) is 11.6 Å². The largest absolute Gasteiger partial charge is 0.436 e. The van der Waals surface area contributed by atoms with Gasteiger partial charge in [-0.3, -0.25) is 9.89 Å². The molecule has 0 bridgehead atoms. The number of nitrogens with zero attached hydrogens (tertiary/aromatic N) is 3. The molecule has 0 fully saturated rings. The molecule has 7 nitrogen and oxygen atoms in total. The summed E-state index contributed by atoms with van der Waals surface area (Å²) in [5.74, 6) is -1.33. The maximum absolute atomic E-state index is 12.5. The standard InChI is InChI=1S/C9H6ClF3N6O/c10-6-5(9(11,12)13)18-7(14)4(17-6)8(20)16-3-1-2-15-19-3/h1-2H,(H2,14,18)(H2,15,16,19,20). The summed E-state index contributed by atoms with van der Waals surface area (Å²) in [6.07, 6.45) is -3.44. The first-order chi connectivity index (χ1) is 9.29. The average Bonchev–Trinajstić information content (AvgIpc) is 2.82. The Balaban J connectivity index is 2.34. The Kier molecular flexibility index (Phi) is 3.49. The van der Waals surface area contributed by atoms with E-state index in [2.05, 4.69) is 25.5 Å². The van der Waals surface area contributed by atoms with Crippen molar-refractivity contribution in [2.24, 2.45) is 0 Å². The zero-order valence-corrected chi connectivity index (χ0v) is 10.2. The van der Waals surface area contributed by atoms with E-state index < -0.39 is 34.4 Å². The molecule has 0 aliphatic heterocycles. The second kappa shape index (κ2) is 4.96. The predicted octanol–water partition coefficient (Wildman–Crippen LogP) is 1.71. The summed E-state index contributed by atoms with van der Waals surface area (Å²) in [7, 11) is 0. The second-order valence-electron chi connectivity index (χ2n) is 3.52. The van der Waals surface area contributed by atoms with E-state index in [-0.39, 0.29) is 5.82 Å². The molecule has 2 heterocycles. The van der Waals surface area contributed by atoms with Gasteiger partial charge in [-0.15, -0.1) is 0 Å². The van der Waals surface area contributed by atoms with Gasteiger partial charge in [-0.25, -0.2) is 9.97 Å². The first kappa shape index (κ1) is 14.1. The van der Waals surface area contributed by atoms with Gasteiger partial charge in [0.15, 0.2) is 22.4 Å². The van der Waals surface area contributed by atoms with Gasteiger partial charge in [0.05, 0.1) is 6.20 Å². The van der Waals surface area contributed by atoms with E-state index in [1.54, 1.807) is 0 Å². The number of hydrogen-bond acceptors (Lipinski definition) is 5. The van der Waals surface area contributed by atoms with Crippen LogP contribution in [0.5, 0.6) is 0 Å². The summed E-state index contributed by atoms with van der Waals surface area (Å²) < 4.78 is 37.5. The quantitative estimate of drug-likeness (QED) is 0.782. The van der Waals surface area contributed by atoms with Crippen molar-refractivity contribution in [1.29, 1.82) is 0 Å². The highest BCUT2D eigenvalue weighted by Gasteiger charge is 2.37. The van der Waals surface area contributed by atoms with Gasteiger partial charge in [0.2, 0.25) is 0 Å². The molecule has 0 aliphatic carbocycles. The Morgan fingerprint density at radius 3 is 2.65 bits per heavy atom. The molecule has 0 aromatic carbocycles. The molecule has 0 spiro atoms. The highest BCUT2D eigenvalue weighted by Crippen LogP contribution is 2.33. The van der Waals surface area contributed by atoms with E-state index in [1.165, 1.54) is 12.3 Å². The first-order valence-electron chi connectivity index (χ1n) is 5.00. The Labute approximate surface area is 114 Å². The molecule has 0 atom stereocenters. The summed E-state index contributed by atoms with van der Waals surface area (Å²) >= 11 is 5.36. The summed E-state index contributed by atoms with van der Waals surface area (Å²) in [5, 5.41) is 7.33. The van der Waals surface area contributed by atoms with Crippen LogP contribution in [0.2, 0.25) is 5.15 Å². The predicted molar refractivity (Wildman–Crippen MR) is 63.0 cm³/mol. The smallest absolute Gasteiger partial charge is 0.382 e. The third-order valence-electron chi connectivity index (χ3n) is 2.11. The number of aromatic amines is 1. The molecule has 0 aliphatic rings. The number of alkyl halides is 3. The Morgan fingerprint density at radius 2 is 2.10 bits per heavy atom. The van der Waals surface area contributed by atoms with Crippen molar-refractivity contribution in [3.05, 3.63) is 28.8 Å². The highest BCUT2D eigenvalue weighted by atomic mass is 35.5. The minimum absolute atomic E-state index is 0.215. The number of anilines is 2. The lowest BCUT2D eigenvalue weighted by Crippen LogP contribution is -2.20. The van der Waals surface area contributed by atoms with Crippen LogP contribution in [-0.2, 0) is 6.18 Å². The van der Waals surface area contributed by atoms with E-state index >= 15 is 0 Å². The molecule has 11 heteroatoms. The van der Waals surface area contributed by atoms with Gasteiger partial charge in [-0.2, -0.15) is 18.3 Å². The van der Waals surface area contributed by atoms with E-state index in [0.717, 1.165) is 0 Å². The minimum Gasteiger partial charge on any atom is -0.382 e. The summed E-state index contributed by atoms with van der Waals surface area (Å²) in [6, 6.07) is 1.42. The van der Waals surface area contributed by atoms with E-state index in [9.17, 15) is 18.0 Å². The van der Waals surface area contributed by atoms with Gasteiger partial charge < -0.3 is 11.1 Å². The van der Waals surface area contributed by atoms with Crippen molar-refractivity contribution >= 4 is 29.1 Å². The Bertz CT molecular complexity index is 642. The maximum Gasteiger partial charge on any atom is 0.436 e. The summed E-state index contributed by atoms with van der Waals surface area (Å²) in [5.41, 5.74) is 3.33. The van der Waals surface area contributed by atoms with Gasteiger partial charge in [0, 0.05) is 6.07 Å². The molecule has 1 amide bonds.